The molecule has 2 N–H and O–H groups in total. The van der Waals surface area contributed by atoms with E-state index in [2.05, 4.69) is 21.1 Å². The van der Waals surface area contributed by atoms with Gasteiger partial charge in [0.15, 0.2) is 11.6 Å². The highest BCUT2D eigenvalue weighted by Gasteiger charge is 2.21. The number of ketones is 1. The Morgan fingerprint density at radius 2 is 1.96 bits per heavy atom. The molecular formula is C20H21N7O. The minimum absolute atomic E-state index is 0.246. The van der Waals surface area contributed by atoms with Crippen molar-refractivity contribution in [2.75, 3.05) is 25.5 Å². The van der Waals surface area contributed by atoms with Crippen LogP contribution in [0, 0.1) is 11.3 Å². The summed E-state index contributed by atoms with van der Waals surface area (Å²) in [7, 11) is 5.43. The van der Waals surface area contributed by atoms with Gasteiger partial charge in [-0.25, -0.2) is 9.97 Å². The molecule has 0 fully saturated rings. The van der Waals surface area contributed by atoms with Crippen molar-refractivity contribution in [2.45, 2.75) is 6.42 Å². The van der Waals surface area contributed by atoms with Gasteiger partial charge in [0, 0.05) is 50.7 Å². The van der Waals surface area contributed by atoms with Crippen LogP contribution in [-0.2, 0) is 13.5 Å². The van der Waals surface area contributed by atoms with Crippen LogP contribution in [0.2, 0.25) is 0 Å². The van der Waals surface area contributed by atoms with Crippen LogP contribution in [-0.4, -0.2) is 46.2 Å². The van der Waals surface area contributed by atoms with E-state index in [9.17, 15) is 10.1 Å². The van der Waals surface area contributed by atoms with Crippen LogP contribution in [0.4, 0.5) is 5.82 Å². The topological polar surface area (TPSA) is 114 Å². The molecule has 0 bridgehead atoms. The van der Waals surface area contributed by atoms with Gasteiger partial charge in [0.1, 0.15) is 5.69 Å². The largest absolute Gasteiger partial charge is 0.361 e. The van der Waals surface area contributed by atoms with Crippen LogP contribution in [0.1, 0.15) is 27.2 Å². The SMILES string of the molecule is CN(C)c1cc(C(=O)c2cc(C#N)ccc2-c2ncc(CCN)cn2)n(C)n1. The van der Waals surface area contributed by atoms with Crippen molar-refractivity contribution in [2.24, 2.45) is 12.8 Å². The molecule has 0 aliphatic rings. The smallest absolute Gasteiger partial charge is 0.211 e. The van der Waals surface area contributed by atoms with Crippen molar-refractivity contribution >= 4 is 11.6 Å². The zero-order valence-corrected chi connectivity index (χ0v) is 16.0. The number of aromatic nitrogens is 4. The maximum Gasteiger partial charge on any atom is 0.211 e. The molecule has 28 heavy (non-hydrogen) atoms. The predicted molar refractivity (Wildman–Crippen MR) is 106 cm³/mol. The number of nitrogens with two attached hydrogens (primary N) is 1. The van der Waals surface area contributed by atoms with E-state index in [0.29, 0.717) is 47.0 Å². The highest BCUT2D eigenvalue weighted by Crippen LogP contribution is 2.25. The fraction of sp³-hybridized carbons (Fsp3) is 0.250. The van der Waals surface area contributed by atoms with Gasteiger partial charge in [0.25, 0.3) is 0 Å². The molecule has 8 heteroatoms. The minimum Gasteiger partial charge on any atom is -0.361 e. The van der Waals surface area contributed by atoms with Crippen molar-refractivity contribution in [3.8, 4) is 17.5 Å². The van der Waals surface area contributed by atoms with E-state index < -0.39 is 0 Å². The zero-order chi connectivity index (χ0) is 20.3. The molecule has 0 amide bonds. The number of nitrogens with zero attached hydrogens (tertiary/aromatic N) is 6. The third-order valence-electron chi connectivity index (χ3n) is 4.33. The average Bonchev–Trinajstić information content (AvgIpc) is 3.10. The molecule has 0 radical (unpaired) electrons. The van der Waals surface area contributed by atoms with Gasteiger partial charge in [-0.05, 0) is 36.7 Å². The highest BCUT2D eigenvalue weighted by molar-refractivity contribution is 6.12. The summed E-state index contributed by atoms with van der Waals surface area (Å²) >= 11 is 0. The maximum absolute atomic E-state index is 13.3. The molecule has 2 aromatic heterocycles. The first-order valence-corrected chi connectivity index (χ1v) is 8.76. The summed E-state index contributed by atoms with van der Waals surface area (Å²) in [6.07, 6.45) is 4.09. The van der Waals surface area contributed by atoms with E-state index in [1.54, 1.807) is 43.7 Å². The second-order valence-corrected chi connectivity index (χ2v) is 6.56. The predicted octanol–water partition coefficient (Wildman–Crippen LogP) is 1.55. The van der Waals surface area contributed by atoms with Gasteiger partial charge in [-0.1, -0.05) is 0 Å². The quantitative estimate of drug-likeness (QED) is 0.650. The summed E-state index contributed by atoms with van der Waals surface area (Å²) in [5, 5.41) is 13.6. The highest BCUT2D eigenvalue weighted by atomic mass is 16.1. The lowest BCUT2D eigenvalue weighted by molar-refractivity contribution is 0.103. The number of carbonyl (C=O) groups excluding carboxylic acids is 1. The molecule has 142 valence electrons. The second kappa shape index (κ2) is 7.98. The van der Waals surface area contributed by atoms with Crippen LogP contribution in [0.15, 0.2) is 36.7 Å². The summed E-state index contributed by atoms with van der Waals surface area (Å²) in [4.78, 5) is 23.9. The monoisotopic (exact) mass is 375 g/mol. The van der Waals surface area contributed by atoms with Gasteiger partial charge >= 0.3 is 0 Å². The Hall–Kier alpha value is -3.57. The first-order chi connectivity index (χ1) is 13.4. The van der Waals surface area contributed by atoms with Crippen molar-refractivity contribution in [1.29, 1.82) is 5.26 Å². The molecule has 0 unspecified atom stereocenters. The number of nitriles is 1. The van der Waals surface area contributed by atoms with Gasteiger partial charge in [0.05, 0.1) is 11.6 Å². The molecule has 3 aromatic rings. The first-order valence-electron chi connectivity index (χ1n) is 8.76. The fourth-order valence-electron chi connectivity index (χ4n) is 2.81. The van der Waals surface area contributed by atoms with E-state index >= 15 is 0 Å². The summed E-state index contributed by atoms with van der Waals surface area (Å²) in [5.74, 6) is 0.847. The number of aryl methyl sites for hydroxylation is 1. The second-order valence-electron chi connectivity index (χ2n) is 6.56. The van der Waals surface area contributed by atoms with E-state index in [1.807, 2.05) is 19.0 Å². The van der Waals surface area contributed by atoms with Gasteiger partial charge < -0.3 is 10.6 Å². The van der Waals surface area contributed by atoms with E-state index in [0.717, 1.165) is 5.56 Å². The van der Waals surface area contributed by atoms with Crippen LogP contribution >= 0.6 is 0 Å². The summed E-state index contributed by atoms with van der Waals surface area (Å²) in [6, 6.07) is 8.72. The third kappa shape index (κ3) is 3.75. The fourth-order valence-corrected chi connectivity index (χ4v) is 2.81. The number of carbonyl (C=O) groups is 1. The molecule has 0 spiro atoms. The van der Waals surface area contributed by atoms with Crippen molar-refractivity contribution in [3.63, 3.8) is 0 Å². The minimum atomic E-state index is -0.246. The molecule has 0 atom stereocenters. The lowest BCUT2D eigenvalue weighted by Crippen LogP contribution is -2.11. The van der Waals surface area contributed by atoms with E-state index in [4.69, 9.17) is 5.73 Å². The number of anilines is 1. The number of rotatable bonds is 6. The molecule has 1 aromatic carbocycles. The first kappa shape index (κ1) is 19.2. The lowest BCUT2D eigenvalue weighted by Gasteiger charge is -2.09. The Kier molecular flexibility index (Phi) is 5.47. The van der Waals surface area contributed by atoms with Crippen LogP contribution < -0.4 is 10.6 Å². The molecular weight excluding hydrogens is 354 g/mol. The van der Waals surface area contributed by atoms with E-state index in [1.165, 1.54) is 4.68 Å². The molecule has 3 rings (SSSR count). The molecule has 0 saturated heterocycles. The Bertz CT molecular complexity index is 1050. The molecule has 0 saturated carbocycles. The number of hydrogen-bond acceptors (Lipinski definition) is 7. The average molecular weight is 375 g/mol. The van der Waals surface area contributed by atoms with Crippen LogP contribution in [0.25, 0.3) is 11.4 Å². The number of hydrogen-bond donors (Lipinski definition) is 1. The van der Waals surface area contributed by atoms with Crippen LogP contribution in [0.3, 0.4) is 0 Å². The summed E-state index contributed by atoms with van der Waals surface area (Å²) in [6.45, 7) is 0.512. The Balaban J connectivity index is 2.09. The molecule has 8 nitrogen and oxygen atoms in total. The third-order valence-corrected chi connectivity index (χ3v) is 4.33. The number of benzene rings is 1. The Morgan fingerprint density at radius 3 is 2.54 bits per heavy atom. The molecule has 0 aliphatic heterocycles. The van der Waals surface area contributed by atoms with Gasteiger partial charge in [-0.3, -0.25) is 9.48 Å². The lowest BCUT2D eigenvalue weighted by atomic mass is 9.98. The summed E-state index contributed by atoms with van der Waals surface area (Å²) in [5.41, 5.74) is 8.22. The normalized spacial score (nSPS) is 10.5. The maximum atomic E-state index is 13.3. The molecule has 2 heterocycles. The van der Waals surface area contributed by atoms with Crippen LogP contribution in [0.5, 0.6) is 0 Å². The van der Waals surface area contributed by atoms with E-state index in [-0.39, 0.29) is 5.78 Å². The van der Waals surface area contributed by atoms with Gasteiger partial charge in [0.2, 0.25) is 5.78 Å². The zero-order valence-electron chi connectivity index (χ0n) is 16.0. The van der Waals surface area contributed by atoms with Gasteiger partial charge in [-0.2, -0.15) is 10.4 Å². The van der Waals surface area contributed by atoms with Crippen molar-refractivity contribution in [3.05, 3.63) is 59.0 Å². The Morgan fingerprint density at radius 1 is 1.25 bits per heavy atom. The summed E-state index contributed by atoms with van der Waals surface area (Å²) < 4.78 is 1.53. The van der Waals surface area contributed by atoms with Crippen molar-refractivity contribution in [1.82, 2.24) is 19.7 Å². The van der Waals surface area contributed by atoms with Gasteiger partial charge in [-0.15, -0.1) is 0 Å². The van der Waals surface area contributed by atoms with Crippen molar-refractivity contribution < 1.29 is 4.79 Å². The standard InChI is InChI=1S/C20H21N7O/c1-26(2)18-9-17(27(3)25-18)19(28)16-8-13(10-22)4-5-15(16)20-23-11-14(6-7-21)12-24-20/h4-5,8-9,11-12H,6-7,21H2,1-3H3. The Labute approximate surface area is 163 Å². The molecule has 0 aliphatic carbocycles.